The van der Waals surface area contributed by atoms with Gasteiger partial charge in [-0.3, -0.25) is 4.79 Å². The van der Waals surface area contributed by atoms with Crippen molar-refractivity contribution in [1.82, 2.24) is 25.1 Å². The normalized spacial score (nSPS) is 20.2. The Morgan fingerprint density at radius 3 is 2.75 bits per heavy atom. The quantitative estimate of drug-likeness (QED) is 0.670. The molecule has 0 aliphatic carbocycles. The molecule has 0 bridgehead atoms. The zero-order chi connectivity index (χ0) is 16.5. The van der Waals surface area contributed by atoms with Crippen molar-refractivity contribution < 1.29 is 4.79 Å². The first kappa shape index (κ1) is 15.0. The second-order valence-electron chi connectivity index (χ2n) is 5.90. The van der Waals surface area contributed by atoms with Gasteiger partial charge in [-0.2, -0.15) is 0 Å². The lowest BCUT2D eigenvalue weighted by Gasteiger charge is -2.47. The van der Waals surface area contributed by atoms with Gasteiger partial charge < -0.3 is 4.90 Å². The Hall–Kier alpha value is -2.54. The van der Waals surface area contributed by atoms with Gasteiger partial charge in [0.15, 0.2) is 6.04 Å². The number of tetrazole rings is 1. The highest BCUT2D eigenvalue weighted by Gasteiger charge is 2.50. The van der Waals surface area contributed by atoms with E-state index < -0.39 is 0 Å². The van der Waals surface area contributed by atoms with E-state index in [1.54, 1.807) is 16.0 Å². The van der Waals surface area contributed by atoms with Crippen molar-refractivity contribution in [1.29, 1.82) is 0 Å². The first-order valence-corrected chi connectivity index (χ1v) is 8.74. The molecule has 0 radical (unpaired) electrons. The van der Waals surface area contributed by atoms with E-state index in [0.717, 1.165) is 12.0 Å². The number of hydrogen-bond donors (Lipinski definition) is 0. The first-order valence-electron chi connectivity index (χ1n) is 7.86. The number of rotatable bonds is 5. The van der Waals surface area contributed by atoms with Crippen LogP contribution in [0.4, 0.5) is 0 Å². The average Bonchev–Trinajstić information content (AvgIpc) is 3.27. The predicted molar refractivity (Wildman–Crippen MR) is 90.5 cm³/mol. The highest BCUT2D eigenvalue weighted by Crippen LogP contribution is 2.43. The van der Waals surface area contributed by atoms with Gasteiger partial charge in [0, 0.05) is 11.4 Å². The van der Waals surface area contributed by atoms with Gasteiger partial charge in [-0.15, -0.1) is 16.4 Å². The maximum Gasteiger partial charge on any atom is 0.250 e. The monoisotopic (exact) mass is 339 g/mol. The topological polar surface area (TPSA) is 63.9 Å². The number of likely N-dealkylation sites (tertiary alicyclic amines) is 1. The zero-order valence-electron chi connectivity index (χ0n) is 13.2. The Kier molecular flexibility index (Phi) is 3.86. The van der Waals surface area contributed by atoms with Gasteiger partial charge in [0.2, 0.25) is 0 Å². The van der Waals surface area contributed by atoms with E-state index in [0.29, 0.717) is 6.54 Å². The van der Waals surface area contributed by atoms with Crippen molar-refractivity contribution in [2.45, 2.75) is 25.4 Å². The molecule has 24 heavy (non-hydrogen) atoms. The zero-order valence-corrected chi connectivity index (χ0v) is 14.1. The van der Waals surface area contributed by atoms with Gasteiger partial charge in [-0.25, -0.2) is 4.68 Å². The number of aromatic nitrogens is 4. The fraction of sp³-hybridized carbons (Fsp3) is 0.294. The molecule has 0 spiro atoms. The molecule has 1 aliphatic rings. The summed E-state index contributed by atoms with van der Waals surface area (Å²) < 4.78 is 1.57. The smallest absolute Gasteiger partial charge is 0.250 e. The maximum absolute atomic E-state index is 12.7. The Labute approximate surface area is 143 Å². The SMILES string of the molecule is Cc1ccccc1[C@H]1[C@@H](n2cnnn2)C(=O)N1CCc1cccs1. The largest absolute Gasteiger partial charge is 0.331 e. The van der Waals surface area contributed by atoms with Gasteiger partial charge in [0.1, 0.15) is 6.33 Å². The summed E-state index contributed by atoms with van der Waals surface area (Å²) in [6.07, 6.45) is 2.39. The van der Waals surface area contributed by atoms with Crippen LogP contribution >= 0.6 is 11.3 Å². The molecule has 7 heteroatoms. The molecule has 0 unspecified atom stereocenters. The number of thiophene rings is 1. The third-order valence-electron chi connectivity index (χ3n) is 4.51. The minimum atomic E-state index is -0.357. The number of aryl methyl sites for hydroxylation is 1. The predicted octanol–water partition coefficient (Wildman–Crippen LogP) is 2.41. The third-order valence-corrected chi connectivity index (χ3v) is 5.44. The second-order valence-corrected chi connectivity index (χ2v) is 6.93. The van der Waals surface area contributed by atoms with E-state index in [-0.39, 0.29) is 18.0 Å². The van der Waals surface area contributed by atoms with Crippen molar-refractivity contribution in [2.24, 2.45) is 0 Å². The van der Waals surface area contributed by atoms with E-state index in [1.165, 1.54) is 16.8 Å². The number of amides is 1. The van der Waals surface area contributed by atoms with Crippen LogP contribution in [0.15, 0.2) is 48.1 Å². The summed E-state index contributed by atoms with van der Waals surface area (Å²) in [4.78, 5) is 16.0. The number of hydrogen-bond acceptors (Lipinski definition) is 5. The van der Waals surface area contributed by atoms with E-state index >= 15 is 0 Å². The molecular formula is C17H17N5OS. The van der Waals surface area contributed by atoms with Crippen LogP contribution < -0.4 is 0 Å². The van der Waals surface area contributed by atoms with Crippen molar-refractivity contribution in [3.8, 4) is 0 Å². The van der Waals surface area contributed by atoms with Gasteiger partial charge in [0.05, 0.1) is 6.04 Å². The Balaban J connectivity index is 1.63. The fourth-order valence-electron chi connectivity index (χ4n) is 3.28. The van der Waals surface area contributed by atoms with Crippen molar-refractivity contribution >= 4 is 17.2 Å². The summed E-state index contributed by atoms with van der Waals surface area (Å²) in [5, 5.41) is 13.4. The summed E-state index contributed by atoms with van der Waals surface area (Å²) in [7, 11) is 0. The van der Waals surface area contributed by atoms with Crippen LogP contribution in [0.1, 0.15) is 28.1 Å². The summed E-state index contributed by atoms with van der Waals surface area (Å²) in [5.74, 6) is 0.0760. The molecule has 122 valence electrons. The molecule has 1 saturated heterocycles. The maximum atomic E-state index is 12.7. The molecule has 6 nitrogen and oxygen atoms in total. The van der Waals surface area contributed by atoms with Crippen LogP contribution in [0.5, 0.6) is 0 Å². The van der Waals surface area contributed by atoms with Crippen LogP contribution in [0.25, 0.3) is 0 Å². The summed E-state index contributed by atoms with van der Waals surface area (Å²) >= 11 is 1.72. The van der Waals surface area contributed by atoms with Gasteiger partial charge in [0.25, 0.3) is 5.91 Å². The van der Waals surface area contributed by atoms with Gasteiger partial charge in [-0.05, 0) is 46.3 Å². The summed E-state index contributed by atoms with van der Waals surface area (Å²) in [6.45, 7) is 2.78. The minimum Gasteiger partial charge on any atom is -0.331 e. The lowest BCUT2D eigenvalue weighted by atomic mass is 9.86. The van der Waals surface area contributed by atoms with Crippen LogP contribution in [-0.4, -0.2) is 37.6 Å². The van der Waals surface area contributed by atoms with Crippen LogP contribution in [0.3, 0.4) is 0 Å². The molecule has 3 heterocycles. The molecule has 3 aromatic rings. The Bertz CT molecular complexity index is 831. The second kappa shape index (κ2) is 6.16. The molecule has 4 rings (SSSR count). The summed E-state index contributed by atoms with van der Waals surface area (Å²) in [5.41, 5.74) is 2.33. The van der Waals surface area contributed by atoms with E-state index in [9.17, 15) is 4.79 Å². The lowest BCUT2D eigenvalue weighted by molar-refractivity contribution is -0.155. The number of benzene rings is 1. The van der Waals surface area contributed by atoms with Crippen LogP contribution in [0, 0.1) is 6.92 Å². The fourth-order valence-corrected chi connectivity index (χ4v) is 3.97. The number of carbonyl (C=O) groups excluding carboxylic acids is 1. The molecule has 1 aliphatic heterocycles. The van der Waals surface area contributed by atoms with Crippen LogP contribution in [-0.2, 0) is 11.2 Å². The number of nitrogens with zero attached hydrogens (tertiary/aromatic N) is 5. The van der Waals surface area contributed by atoms with Crippen molar-refractivity contribution in [2.75, 3.05) is 6.54 Å². The molecule has 1 amide bonds. The molecule has 2 aromatic heterocycles. The molecule has 0 saturated carbocycles. The first-order chi connectivity index (χ1) is 11.8. The van der Waals surface area contributed by atoms with Crippen LogP contribution in [0.2, 0.25) is 0 Å². The number of β-lactam (4-membered cyclic amide) rings is 1. The average molecular weight is 339 g/mol. The van der Waals surface area contributed by atoms with Gasteiger partial charge in [-0.1, -0.05) is 30.3 Å². The van der Waals surface area contributed by atoms with Crippen molar-refractivity contribution in [3.05, 3.63) is 64.1 Å². The minimum absolute atomic E-state index is 0.0258. The molecule has 2 atom stereocenters. The van der Waals surface area contributed by atoms with Crippen molar-refractivity contribution in [3.63, 3.8) is 0 Å². The standard InChI is InChI=1S/C17H17N5OS/c1-12-5-2-3-7-14(12)15-16(22-11-18-19-20-22)17(23)21(15)9-8-13-6-4-10-24-13/h2-7,10-11,15-16H,8-9H2,1H3/t15-,16+/m0/s1. The number of carbonyl (C=O) groups is 1. The molecule has 0 N–H and O–H groups in total. The Morgan fingerprint density at radius 2 is 2.04 bits per heavy atom. The Morgan fingerprint density at radius 1 is 1.17 bits per heavy atom. The van der Waals surface area contributed by atoms with E-state index in [2.05, 4.69) is 46.0 Å². The highest BCUT2D eigenvalue weighted by molar-refractivity contribution is 7.09. The highest BCUT2D eigenvalue weighted by atomic mass is 32.1. The van der Waals surface area contributed by atoms with E-state index in [1.807, 2.05) is 23.1 Å². The molecular weight excluding hydrogens is 322 g/mol. The molecule has 1 fully saturated rings. The summed E-state index contributed by atoms with van der Waals surface area (Å²) in [6, 6.07) is 12.0. The van der Waals surface area contributed by atoms with E-state index in [4.69, 9.17) is 0 Å². The molecule has 1 aromatic carbocycles. The lowest BCUT2D eigenvalue weighted by Crippen LogP contribution is -2.56. The third kappa shape index (κ3) is 2.50. The van der Waals surface area contributed by atoms with Gasteiger partial charge >= 0.3 is 0 Å².